The zero-order valence-electron chi connectivity index (χ0n) is 10.9. The van der Waals surface area contributed by atoms with Gasteiger partial charge in [-0.15, -0.1) is 0 Å². The van der Waals surface area contributed by atoms with E-state index in [1.807, 2.05) is 24.3 Å². The summed E-state index contributed by atoms with van der Waals surface area (Å²) in [6, 6.07) is 8.03. The maximum absolute atomic E-state index is 6.23. The molecule has 0 saturated carbocycles. The molecule has 3 nitrogen and oxygen atoms in total. The number of hydrogen-bond acceptors (Lipinski definition) is 2. The molecular formula is C14H18BrN3. The first kappa shape index (κ1) is 13.1. The molecule has 0 atom stereocenters. The van der Waals surface area contributed by atoms with Gasteiger partial charge in [0.2, 0.25) is 0 Å². The Morgan fingerprint density at radius 2 is 2.00 bits per heavy atom. The van der Waals surface area contributed by atoms with Gasteiger partial charge >= 0.3 is 0 Å². The van der Waals surface area contributed by atoms with E-state index in [9.17, 15) is 0 Å². The molecule has 96 valence electrons. The van der Waals surface area contributed by atoms with Crippen molar-refractivity contribution in [1.29, 1.82) is 0 Å². The zero-order valence-corrected chi connectivity index (χ0v) is 12.5. The van der Waals surface area contributed by atoms with Crippen LogP contribution in [0.15, 0.2) is 28.7 Å². The third-order valence-corrected chi connectivity index (χ3v) is 3.69. The first-order valence-electron chi connectivity index (χ1n) is 6.17. The average molecular weight is 308 g/mol. The highest BCUT2D eigenvalue weighted by atomic mass is 79.9. The molecule has 2 rings (SSSR count). The fourth-order valence-corrected chi connectivity index (χ4v) is 2.58. The Bertz CT molecular complexity index is 558. The first-order chi connectivity index (χ1) is 8.56. The van der Waals surface area contributed by atoms with Gasteiger partial charge in [-0.25, -0.2) is 4.98 Å². The van der Waals surface area contributed by atoms with Gasteiger partial charge in [0, 0.05) is 22.5 Å². The van der Waals surface area contributed by atoms with Crippen LogP contribution in [0.5, 0.6) is 0 Å². The number of benzene rings is 1. The van der Waals surface area contributed by atoms with Crippen molar-refractivity contribution in [3.05, 3.63) is 34.6 Å². The molecule has 0 aliphatic rings. The van der Waals surface area contributed by atoms with Crippen molar-refractivity contribution in [2.45, 2.75) is 33.2 Å². The second-order valence-electron chi connectivity index (χ2n) is 4.58. The third-order valence-electron chi connectivity index (χ3n) is 3.00. The van der Waals surface area contributed by atoms with E-state index in [4.69, 9.17) is 10.7 Å². The molecule has 4 heteroatoms. The summed E-state index contributed by atoms with van der Waals surface area (Å²) in [7, 11) is 0. The lowest BCUT2D eigenvalue weighted by Crippen LogP contribution is -2.06. The molecule has 0 saturated heterocycles. The van der Waals surface area contributed by atoms with Crippen LogP contribution < -0.4 is 5.73 Å². The maximum Gasteiger partial charge on any atom is 0.131 e. The molecule has 0 fully saturated rings. The van der Waals surface area contributed by atoms with Gasteiger partial charge in [0.1, 0.15) is 17.3 Å². The van der Waals surface area contributed by atoms with Crippen LogP contribution in [-0.4, -0.2) is 9.55 Å². The van der Waals surface area contributed by atoms with Crippen LogP contribution in [0.2, 0.25) is 0 Å². The number of nitrogen functional groups attached to an aromatic ring is 1. The summed E-state index contributed by atoms with van der Waals surface area (Å²) in [5.74, 6) is 2.15. The average Bonchev–Trinajstić information content (AvgIpc) is 2.67. The lowest BCUT2D eigenvalue weighted by molar-refractivity contribution is 0.658. The summed E-state index contributed by atoms with van der Waals surface area (Å²) in [5.41, 5.74) is 8.15. The first-order valence-corrected chi connectivity index (χ1v) is 6.96. The van der Waals surface area contributed by atoms with Gasteiger partial charge in [0.25, 0.3) is 0 Å². The number of nitrogens with two attached hydrogens (primary N) is 1. The minimum atomic E-state index is 0.364. The zero-order chi connectivity index (χ0) is 13.3. The highest BCUT2D eigenvalue weighted by Gasteiger charge is 2.18. The number of nitrogens with zero attached hydrogens (tertiary/aromatic N) is 2. The Morgan fingerprint density at radius 1 is 1.33 bits per heavy atom. The van der Waals surface area contributed by atoms with Crippen LogP contribution in [0.3, 0.4) is 0 Å². The monoisotopic (exact) mass is 307 g/mol. The van der Waals surface area contributed by atoms with Gasteiger partial charge in [-0.3, -0.25) is 0 Å². The van der Waals surface area contributed by atoms with Crippen molar-refractivity contribution in [3.8, 4) is 11.3 Å². The van der Waals surface area contributed by atoms with Crippen molar-refractivity contribution in [2.24, 2.45) is 0 Å². The largest absolute Gasteiger partial charge is 0.383 e. The van der Waals surface area contributed by atoms with E-state index < -0.39 is 0 Å². The molecule has 0 aliphatic heterocycles. The van der Waals surface area contributed by atoms with Gasteiger partial charge in [0.15, 0.2) is 0 Å². The van der Waals surface area contributed by atoms with E-state index in [0.717, 1.165) is 33.9 Å². The smallest absolute Gasteiger partial charge is 0.131 e. The lowest BCUT2D eigenvalue weighted by atomic mass is 10.1. The number of anilines is 1. The lowest BCUT2D eigenvalue weighted by Gasteiger charge is -2.08. The van der Waals surface area contributed by atoms with E-state index in [1.165, 1.54) is 0 Å². The number of imidazole rings is 1. The van der Waals surface area contributed by atoms with E-state index in [-0.39, 0.29) is 0 Å². The molecule has 0 aliphatic carbocycles. The number of rotatable bonds is 3. The Balaban J connectivity index is 2.63. The topological polar surface area (TPSA) is 43.8 Å². The van der Waals surface area contributed by atoms with Crippen molar-refractivity contribution in [2.75, 3.05) is 5.73 Å². The van der Waals surface area contributed by atoms with E-state index in [1.54, 1.807) is 0 Å². The molecule has 0 bridgehead atoms. The summed E-state index contributed by atoms with van der Waals surface area (Å²) < 4.78 is 3.10. The third kappa shape index (κ3) is 2.17. The highest BCUT2D eigenvalue weighted by molar-refractivity contribution is 9.10. The molecule has 1 aromatic heterocycles. The van der Waals surface area contributed by atoms with Crippen LogP contribution >= 0.6 is 15.9 Å². The predicted octanol–water partition coefficient (Wildman–Crippen LogP) is 4.04. The fourth-order valence-electron chi connectivity index (χ4n) is 2.11. The highest BCUT2D eigenvalue weighted by Crippen LogP contribution is 2.33. The molecule has 2 N–H and O–H groups in total. The van der Waals surface area contributed by atoms with Crippen molar-refractivity contribution in [1.82, 2.24) is 9.55 Å². The van der Waals surface area contributed by atoms with Crippen LogP contribution in [0.1, 0.15) is 32.5 Å². The minimum absolute atomic E-state index is 0.364. The van der Waals surface area contributed by atoms with Crippen LogP contribution in [0.4, 0.5) is 5.82 Å². The molecule has 1 heterocycles. The Hall–Kier alpha value is -1.29. The van der Waals surface area contributed by atoms with Crippen molar-refractivity contribution < 1.29 is 0 Å². The number of hydrogen-bond donors (Lipinski definition) is 1. The van der Waals surface area contributed by atoms with Gasteiger partial charge in [-0.05, 0) is 13.0 Å². The minimum Gasteiger partial charge on any atom is -0.383 e. The summed E-state index contributed by atoms with van der Waals surface area (Å²) in [5, 5.41) is 0. The van der Waals surface area contributed by atoms with Crippen molar-refractivity contribution in [3.63, 3.8) is 0 Å². The van der Waals surface area contributed by atoms with E-state index >= 15 is 0 Å². The van der Waals surface area contributed by atoms with Gasteiger partial charge in [-0.1, -0.05) is 48.0 Å². The van der Waals surface area contributed by atoms with Crippen molar-refractivity contribution >= 4 is 21.7 Å². The summed E-state index contributed by atoms with van der Waals surface area (Å²) >= 11 is 3.56. The summed E-state index contributed by atoms with van der Waals surface area (Å²) in [4.78, 5) is 4.72. The molecule has 18 heavy (non-hydrogen) atoms. The Labute approximate surface area is 116 Å². The second kappa shape index (κ2) is 5.14. The van der Waals surface area contributed by atoms with Crippen LogP contribution in [0.25, 0.3) is 11.3 Å². The SMILES string of the molecule is CCn1c(C(C)C)nc(-c2ccccc2Br)c1N. The van der Waals surface area contributed by atoms with Gasteiger partial charge in [-0.2, -0.15) is 0 Å². The quantitative estimate of drug-likeness (QED) is 0.930. The Morgan fingerprint density at radius 3 is 2.50 bits per heavy atom. The van der Waals surface area contributed by atoms with Crippen LogP contribution in [0, 0.1) is 0 Å². The second-order valence-corrected chi connectivity index (χ2v) is 5.44. The predicted molar refractivity (Wildman–Crippen MR) is 79.5 cm³/mol. The molecule has 0 spiro atoms. The Kier molecular flexibility index (Phi) is 3.76. The van der Waals surface area contributed by atoms with Gasteiger partial charge in [0.05, 0.1) is 0 Å². The molecule has 0 radical (unpaired) electrons. The number of aromatic nitrogens is 2. The fraction of sp³-hybridized carbons (Fsp3) is 0.357. The summed E-state index contributed by atoms with van der Waals surface area (Å²) in [6.45, 7) is 7.21. The molecule has 2 aromatic rings. The standard InChI is InChI=1S/C14H18BrN3/c1-4-18-13(16)12(17-14(18)9(2)3)10-7-5-6-8-11(10)15/h5-9H,4,16H2,1-3H3. The van der Waals surface area contributed by atoms with E-state index in [2.05, 4.69) is 41.3 Å². The summed E-state index contributed by atoms with van der Waals surface area (Å²) in [6.07, 6.45) is 0. The molecular weight excluding hydrogens is 290 g/mol. The molecule has 0 unspecified atom stereocenters. The number of halogens is 1. The molecule has 1 aromatic carbocycles. The van der Waals surface area contributed by atoms with Gasteiger partial charge < -0.3 is 10.3 Å². The maximum atomic E-state index is 6.23. The normalized spacial score (nSPS) is 11.2. The molecule has 0 amide bonds. The van der Waals surface area contributed by atoms with Crippen LogP contribution in [-0.2, 0) is 6.54 Å². The van der Waals surface area contributed by atoms with E-state index in [0.29, 0.717) is 5.92 Å².